The largest absolute Gasteiger partial charge is 0.492 e. The van der Waals surface area contributed by atoms with Crippen LogP contribution in [0.5, 0.6) is 5.75 Å². The Morgan fingerprint density at radius 1 is 1.15 bits per heavy atom. The van der Waals surface area contributed by atoms with Crippen LogP contribution in [0.25, 0.3) is 21.9 Å². The second kappa shape index (κ2) is 7.11. The van der Waals surface area contributed by atoms with E-state index in [2.05, 4.69) is 5.32 Å². The van der Waals surface area contributed by atoms with Gasteiger partial charge in [-0.15, -0.1) is 0 Å². The Morgan fingerprint density at radius 2 is 1.92 bits per heavy atom. The van der Waals surface area contributed by atoms with Crippen molar-refractivity contribution in [1.82, 2.24) is 5.32 Å². The van der Waals surface area contributed by atoms with Crippen molar-refractivity contribution >= 4 is 28.0 Å². The van der Waals surface area contributed by atoms with Crippen LogP contribution in [0.1, 0.15) is 27.2 Å². The number of hydrogen-bond donors (Lipinski definition) is 1. The van der Waals surface area contributed by atoms with Crippen LogP contribution in [-0.2, 0) is 4.74 Å². The van der Waals surface area contributed by atoms with Gasteiger partial charge in [-0.1, -0.05) is 0 Å². The zero-order valence-electron chi connectivity index (χ0n) is 15.0. The lowest BCUT2D eigenvalue weighted by atomic mass is 10.1. The molecule has 26 heavy (non-hydrogen) atoms. The standard InChI is InChI=1S/C19H21NO6/c1-19(2,3)26-18(22)20-8-4-9-24-17-12-5-6-16(21)25-15(12)11-14-13(17)7-10-23-14/h5-7,10-11H,4,8-9H2,1-3H3,(H,20,22). The molecular formula is C19H21NO6. The van der Waals surface area contributed by atoms with E-state index >= 15 is 0 Å². The molecule has 3 rings (SSSR count). The monoisotopic (exact) mass is 359 g/mol. The fourth-order valence-electron chi connectivity index (χ4n) is 2.52. The van der Waals surface area contributed by atoms with Gasteiger partial charge in [-0.05, 0) is 39.3 Å². The molecule has 0 aliphatic heterocycles. The average Bonchev–Trinajstić information content (AvgIpc) is 2.99. The summed E-state index contributed by atoms with van der Waals surface area (Å²) in [5.74, 6) is 0.590. The Morgan fingerprint density at radius 3 is 2.69 bits per heavy atom. The Labute approximate surface area is 149 Å². The first-order valence-electron chi connectivity index (χ1n) is 8.37. The van der Waals surface area contributed by atoms with Gasteiger partial charge in [0.2, 0.25) is 0 Å². The Balaban J connectivity index is 1.66. The normalized spacial score (nSPS) is 11.7. The lowest BCUT2D eigenvalue weighted by Gasteiger charge is -2.19. The SMILES string of the molecule is CC(C)(C)OC(=O)NCCCOc1c2ccoc2cc2oc(=O)ccc12. The smallest absolute Gasteiger partial charge is 0.407 e. The summed E-state index contributed by atoms with van der Waals surface area (Å²) >= 11 is 0. The number of furan rings is 1. The van der Waals surface area contributed by atoms with E-state index in [1.807, 2.05) is 20.8 Å². The lowest BCUT2D eigenvalue weighted by molar-refractivity contribution is 0.0525. The van der Waals surface area contributed by atoms with E-state index in [4.69, 9.17) is 18.3 Å². The molecule has 7 nitrogen and oxygen atoms in total. The molecule has 0 aliphatic rings. The number of carbonyl (C=O) groups excluding carboxylic acids is 1. The predicted molar refractivity (Wildman–Crippen MR) is 96.6 cm³/mol. The molecule has 0 bridgehead atoms. The predicted octanol–water partition coefficient (Wildman–Crippen LogP) is 3.83. The Bertz CT molecular complexity index is 979. The number of fused-ring (bicyclic) bond motifs is 2. The number of amides is 1. The van der Waals surface area contributed by atoms with Crippen LogP contribution in [0.2, 0.25) is 0 Å². The van der Waals surface area contributed by atoms with Gasteiger partial charge in [0.15, 0.2) is 0 Å². The van der Waals surface area contributed by atoms with Crippen LogP contribution in [0.15, 0.2) is 44.2 Å². The minimum absolute atomic E-state index is 0.369. The third kappa shape index (κ3) is 4.17. The van der Waals surface area contributed by atoms with E-state index in [0.717, 1.165) is 5.39 Å². The van der Waals surface area contributed by atoms with Crippen molar-refractivity contribution < 1.29 is 23.1 Å². The third-order valence-corrected chi connectivity index (χ3v) is 3.54. The zero-order valence-corrected chi connectivity index (χ0v) is 15.0. The number of nitrogens with one attached hydrogen (secondary N) is 1. The summed E-state index contributed by atoms with van der Waals surface area (Å²) in [6.45, 7) is 6.22. The molecule has 1 aromatic carbocycles. The van der Waals surface area contributed by atoms with Crippen molar-refractivity contribution in [2.75, 3.05) is 13.2 Å². The van der Waals surface area contributed by atoms with Crippen LogP contribution in [0.4, 0.5) is 4.79 Å². The summed E-state index contributed by atoms with van der Waals surface area (Å²) in [6.07, 6.45) is 1.69. The molecule has 138 valence electrons. The van der Waals surface area contributed by atoms with E-state index in [-0.39, 0.29) is 0 Å². The number of ether oxygens (including phenoxy) is 2. The molecule has 2 aromatic heterocycles. The van der Waals surface area contributed by atoms with Gasteiger partial charge in [0, 0.05) is 18.7 Å². The molecular weight excluding hydrogens is 338 g/mol. The van der Waals surface area contributed by atoms with Gasteiger partial charge in [-0.3, -0.25) is 0 Å². The van der Waals surface area contributed by atoms with Crippen molar-refractivity contribution in [2.24, 2.45) is 0 Å². The minimum Gasteiger partial charge on any atom is -0.492 e. The summed E-state index contributed by atoms with van der Waals surface area (Å²) in [5, 5.41) is 4.17. The van der Waals surface area contributed by atoms with E-state index in [9.17, 15) is 9.59 Å². The molecule has 0 saturated heterocycles. The van der Waals surface area contributed by atoms with Crippen LogP contribution in [-0.4, -0.2) is 24.8 Å². The first kappa shape index (κ1) is 17.8. The molecule has 0 spiro atoms. The number of carbonyl (C=O) groups is 1. The second-order valence-electron chi connectivity index (χ2n) is 6.84. The second-order valence-corrected chi connectivity index (χ2v) is 6.84. The van der Waals surface area contributed by atoms with Gasteiger partial charge in [-0.2, -0.15) is 0 Å². The molecule has 2 heterocycles. The molecule has 3 aromatic rings. The van der Waals surface area contributed by atoms with Gasteiger partial charge >= 0.3 is 11.7 Å². The maximum Gasteiger partial charge on any atom is 0.407 e. The van der Waals surface area contributed by atoms with Gasteiger partial charge in [0.25, 0.3) is 0 Å². The summed E-state index contributed by atoms with van der Waals surface area (Å²) in [4.78, 5) is 23.1. The molecule has 0 aliphatic carbocycles. The minimum atomic E-state index is -0.527. The fourth-order valence-corrected chi connectivity index (χ4v) is 2.52. The molecule has 1 N–H and O–H groups in total. The molecule has 1 amide bonds. The van der Waals surface area contributed by atoms with Crippen LogP contribution < -0.4 is 15.7 Å². The maximum atomic E-state index is 11.6. The highest BCUT2D eigenvalue weighted by molar-refractivity contribution is 6.01. The van der Waals surface area contributed by atoms with Crippen LogP contribution >= 0.6 is 0 Å². The van der Waals surface area contributed by atoms with Crippen LogP contribution in [0.3, 0.4) is 0 Å². The average molecular weight is 359 g/mol. The quantitative estimate of drug-likeness (QED) is 0.550. The first-order chi connectivity index (χ1) is 12.3. The van der Waals surface area contributed by atoms with Crippen molar-refractivity contribution in [3.8, 4) is 5.75 Å². The van der Waals surface area contributed by atoms with Gasteiger partial charge < -0.3 is 23.6 Å². The van der Waals surface area contributed by atoms with Gasteiger partial charge in [-0.25, -0.2) is 9.59 Å². The molecule has 0 fully saturated rings. The van der Waals surface area contributed by atoms with Gasteiger partial charge in [0.1, 0.15) is 22.5 Å². The van der Waals surface area contributed by atoms with Gasteiger partial charge in [0.05, 0.1) is 23.6 Å². The molecule has 7 heteroatoms. The van der Waals surface area contributed by atoms with Crippen LogP contribution in [0, 0.1) is 0 Å². The van der Waals surface area contributed by atoms with Crippen molar-refractivity contribution in [3.05, 3.63) is 40.9 Å². The van der Waals surface area contributed by atoms with E-state index < -0.39 is 17.3 Å². The number of hydrogen-bond acceptors (Lipinski definition) is 6. The molecule has 0 saturated carbocycles. The summed E-state index contributed by atoms with van der Waals surface area (Å²) in [5.41, 5.74) is 0.0202. The molecule has 0 radical (unpaired) electrons. The zero-order chi connectivity index (χ0) is 18.7. The summed E-state index contributed by atoms with van der Waals surface area (Å²) in [6, 6.07) is 6.49. The number of alkyl carbamates (subject to hydrolysis) is 1. The highest BCUT2D eigenvalue weighted by atomic mass is 16.6. The fraction of sp³-hybridized carbons (Fsp3) is 0.368. The summed E-state index contributed by atoms with van der Waals surface area (Å²) < 4.78 is 21.7. The molecule has 0 atom stereocenters. The number of rotatable bonds is 5. The highest BCUT2D eigenvalue weighted by Gasteiger charge is 2.16. The Kier molecular flexibility index (Phi) is 4.88. The van der Waals surface area contributed by atoms with E-state index in [1.54, 1.807) is 24.5 Å². The Hall–Kier alpha value is -2.96. The lowest BCUT2D eigenvalue weighted by Crippen LogP contribution is -2.33. The maximum absolute atomic E-state index is 11.6. The highest BCUT2D eigenvalue weighted by Crippen LogP contribution is 2.35. The number of benzene rings is 1. The topological polar surface area (TPSA) is 90.9 Å². The third-order valence-electron chi connectivity index (χ3n) is 3.54. The summed E-state index contributed by atoms with van der Waals surface area (Å²) in [7, 11) is 0. The van der Waals surface area contributed by atoms with E-state index in [0.29, 0.717) is 41.9 Å². The molecule has 0 unspecified atom stereocenters. The van der Waals surface area contributed by atoms with Crippen molar-refractivity contribution in [3.63, 3.8) is 0 Å². The first-order valence-corrected chi connectivity index (χ1v) is 8.37. The van der Waals surface area contributed by atoms with Crippen molar-refractivity contribution in [2.45, 2.75) is 32.8 Å². The van der Waals surface area contributed by atoms with E-state index in [1.165, 1.54) is 6.07 Å². The van der Waals surface area contributed by atoms with Crippen molar-refractivity contribution in [1.29, 1.82) is 0 Å².